The molecule has 0 saturated carbocycles. The third kappa shape index (κ3) is 6.16. The molecule has 0 amide bonds. The minimum atomic E-state index is 0.157. The van der Waals surface area contributed by atoms with Gasteiger partial charge in [-0.05, 0) is 18.4 Å². The zero-order chi connectivity index (χ0) is 17.0. The van der Waals surface area contributed by atoms with E-state index in [1.807, 2.05) is 48.5 Å². The number of hydrogen-bond donors (Lipinski definition) is 0. The summed E-state index contributed by atoms with van der Waals surface area (Å²) >= 11 is 0. The molecule has 1 unspecified atom stereocenters. The van der Waals surface area contributed by atoms with Crippen molar-refractivity contribution in [2.24, 2.45) is 0 Å². The van der Waals surface area contributed by atoms with E-state index in [0.29, 0.717) is 6.42 Å². The first-order valence-electron chi connectivity index (χ1n) is 9.11. The van der Waals surface area contributed by atoms with E-state index in [9.17, 15) is 4.79 Å². The predicted octanol–water partition coefficient (Wildman–Crippen LogP) is 6.57. The van der Waals surface area contributed by atoms with Crippen LogP contribution in [0.2, 0.25) is 0 Å². The molecule has 126 valence electrons. The smallest absolute Gasteiger partial charge is 0.163 e. The first kappa shape index (κ1) is 18.2. The van der Waals surface area contributed by atoms with Crippen molar-refractivity contribution in [1.29, 1.82) is 0 Å². The molecule has 0 radical (unpaired) electrons. The van der Waals surface area contributed by atoms with E-state index in [1.165, 1.54) is 31.2 Å². The van der Waals surface area contributed by atoms with Crippen LogP contribution in [0.25, 0.3) is 0 Å². The molecular formula is C23H28O. The second kappa shape index (κ2) is 10.6. The monoisotopic (exact) mass is 320 g/mol. The lowest BCUT2D eigenvalue weighted by Crippen LogP contribution is -2.06. The minimum Gasteiger partial charge on any atom is -0.294 e. The van der Waals surface area contributed by atoms with Crippen molar-refractivity contribution < 1.29 is 4.79 Å². The van der Waals surface area contributed by atoms with Crippen LogP contribution in [0.1, 0.15) is 67.3 Å². The molecule has 0 fully saturated rings. The topological polar surface area (TPSA) is 17.1 Å². The first-order valence-corrected chi connectivity index (χ1v) is 9.11. The van der Waals surface area contributed by atoms with Crippen LogP contribution >= 0.6 is 0 Å². The van der Waals surface area contributed by atoms with Gasteiger partial charge in [0.2, 0.25) is 0 Å². The van der Waals surface area contributed by atoms with Gasteiger partial charge >= 0.3 is 0 Å². The molecule has 0 aliphatic carbocycles. The zero-order valence-corrected chi connectivity index (χ0v) is 14.7. The maximum atomic E-state index is 12.6. The van der Waals surface area contributed by atoms with Crippen LogP contribution < -0.4 is 0 Å². The average Bonchev–Trinajstić information content (AvgIpc) is 2.65. The van der Waals surface area contributed by atoms with E-state index in [2.05, 4.69) is 31.2 Å². The largest absolute Gasteiger partial charge is 0.294 e. The Bertz CT molecular complexity index is 613. The van der Waals surface area contributed by atoms with Crippen molar-refractivity contribution in [3.63, 3.8) is 0 Å². The van der Waals surface area contributed by atoms with Crippen LogP contribution in [-0.2, 0) is 0 Å². The minimum absolute atomic E-state index is 0.157. The molecule has 2 rings (SSSR count). The van der Waals surface area contributed by atoms with E-state index in [1.54, 1.807) is 0 Å². The summed E-state index contributed by atoms with van der Waals surface area (Å²) in [7, 11) is 0. The highest BCUT2D eigenvalue weighted by molar-refractivity contribution is 5.96. The molecular weight excluding hydrogens is 292 g/mol. The summed E-state index contributed by atoms with van der Waals surface area (Å²) in [5.74, 6) is 0.366. The maximum Gasteiger partial charge on any atom is 0.163 e. The van der Waals surface area contributed by atoms with Gasteiger partial charge in [-0.1, -0.05) is 99.0 Å². The molecule has 0 aliphatic heterocycles. The standard InChI is InChI=1S/C23H28O/c1-2-3-4-5-6-9-18-22(20-14-10-7-11-15-20)19-23(24)21-16-12-8-13-17-21/h7-18,22H,2-6,19H2,1H3/b18-9+. The molecule has 0 saturated heterocycles. The molecule has 0 N–H and O–H groups in total. The van der Waals surface area contributed by atoms with Gasteiger partial charge in [-0.25, -0.2) is 0 Å². The fourth-order valence-electron chi connectivity index (χ4n) is 2.89. The van der Waals surface area contributed by atoms with Gasteiger partial charge in [-0.3, -0.25) is 4.79 Å². The second-order valence-electron chi connectivity index (χ2n) is 6.29. The van der Waals surface area contributed by atoms with Crippen molar-refractivity contribution in [1.82, 2.24) is 0 Å². The highest BCUT2D eigenvalue weighted by atomic mass is 16.1. The number of benzene rings is 2. The highest BCUT2D eigenvalue weighted by Crippen LogP contribution is 2.24. The molecule has 0 aliphatic rings. The Kier molecular flexibility index (Phi) is 8.03. The third-order valence-corrected chi connectivity index (χ3v) is 4.32. The molecule has 2 aromatic rings. The Morgan fingerprint density at radius 1 is 0.917 bits per heavy atom. The molecule has 0 aromatic heterocycles. The lowest BCUT2D eigenvalue weighted by molar-refractivity contribution is 0.0978. The Labute approximate surface area is 146 Å². The van der Waals surface area contributed by atoms with Crippen molar-refractivity contribution >= 4 is 5.78 Å². The summed E-state index contributed by atoms with van der Waals surface area (Å²) in [5.41, 5.74) is 2.02. The molecule has 24 heavy (non-hydrogen) atoms. The van der Waals surface area contributed by atoms with E-state index >= 15 is 0 Å². The van der Waals surface area contributed by atoms with Gasteiger partial charge in [0, 0.05) is 17.9 Å². The van der Waals surface area contributed by atoms with Crippen LogP contribution in [0.4, 0.5) is 0 Å². The summed E-state index contributed by atoms with van der Waals surface area (Å²) in [6.45, 7) is 2.23. The molecule has 1 heteroatoms. The molecule has 0 spiro atoms. The van der Waals surface area contributed by atoms with Gasteiger partial charge in [-0.2, -0.15) is 0 Å². The van der Waals surface area contributed by atoms with Crippen molar-refractivity contribution in [2.75, 3.05) is 0 Å². The summed E-state index contributed by atoms with van der Waals surface area (Å²) < 4.78 is 0. The zero-order valence-electron chi connectivity index (χ0n) is 14.7. The molecule has 1 atom stereocenters. The van der Waals surface area contributed by atoms with Gasteiger partial charge in [0.25, 0.3) is 0 Å². The Morgan fingerprint density at radius 2 is 1.58 bits per heavy atom. The van der Waals surface area contributed by atoms with Crippen LogP contribution in [0.15, 0.2) is 72.8 Å². The fourth-order valence-corrected chi connectivity index (χ4v) is 2.89. The summed E-state index contributed by atoms with van der Waals surface area (Å²) in [6, 6.07) is 19.9. The third-order valence-electron chi connectivity index (χ3n) is 4.32. The molecule has 1 nitrogen and oxygen atoms in total. The van der Waals surface area contributed by atoms with Crippen molar-refractivity contribution in [3.05, 3.63) is 83.9 Å². The van der Waals surface area contributed by atoms with E-state index in [-0.39, 0.29) is 11.7 Å². The van der Waals surface area contributed by atoms with Crippen LogP contribution in [0, 0.1) is 0 Å². The van der Waals surface area contributed by atoms with Gasteiger partial charge < -0.3 is 0 Å². The predicted molar refractivity (Wildman–Crippen MR) is 102 cm³/mol. The van der Waals surface area contributed by atoms with Gasteiger partial charge in [0.05, 0.1) is 0 Å². The summed E-state index contributed by atoms with van der Waals surface area (Å²) in [5, 5.41) is 0. The number of unbranched alkanes of at least 4 members (excludes halogenated alkanes) is 4. The average molecular weight is 320 g/mol. The summed E-state index contributed by atoms with van der Waals surface area (Å²) in [4.78, 5) is 12.6. The number of ketones is 1. The highest BCUT2D eigenvalue weighted by Gasteiger charge is 2.14. The molecule has 0 heterocycles. The lowest BCUT2D eigenvalue weighted by atomic mass is 9.91. The molecule has 0 bridgehead atoms. The normalized spacial score (nSPS) is 12.4. The molecule has 2 aromatic carbocycles. The Hall–Kier alpha value is -2.15. The van der Waals surface area contributed by atoms with Crippen molar-refractivity contribution in [3.8, 4) is 0 Å². The Morgan fingerprint density at radius 3 is 2.25 bits per heavy atom. The maximum absolute atomic E-state index is 12.6. The first-order chi connectivity index (χ1) is 11.8. The van der Waals surface area contributed by atoms with Crippen LogP contribution in [0.5, 0.6) is 0 Å². The SMILES string of the molecule is CCCCCC/C=C/C(CC(=O)c1ccccc1)c1ccccc1. The van der Waals surface area contributed by atoms with Gasteiger partial charge in [0.15, 0.2) is 5.78 Å². The van der Waals surface area contributed by atoms with Crippen LogP contribution in [-0.4, -0.2) is 5.78 Å². The van der Waals surface area contributed by atoms with Crippen LogP contribution in [0.3, 0.4) is 0 Å². The quantitative estimate of drug-likeness (QED) is 0.275. The van der Waals surface area contributed by atoms with Crippen molar-refractivity contribution in [2.45, 2.75) is 51.4 Å². The number of carbonyl (C=O) groups is 1. The second-order valence-corrected chi connectivity index (χ2v) is 6.29. The number of hydrogen-bond acceptors (Lipinski definition) is 1. The number of rotatable bonds is 10. The number of carbonyl (C=O) groups excluding carboxylic acids is 1. The van der Waals surface area contributed by atoms with Gasteiger partial charge in [0.1, 0.15) is 0 Å². The number of Topliss-reactive ketones (excluding diaryl/α,β-unsaturated/α-hetero) is 1. The van der Waals surface area contributed by atoms with E-state index in [4.69, 9.17) is 0 Å². The lowest BCUT2D eigenvalue weighted by Gasteiger charge is -2.13. The Balaban J connectivity index is 2.01. The van der Waals surface area contributed by atoms with Gasteiger partial charge in [-0.15, -0.1) is 0 Å². The van der Waals surface area contributed by atoms with E-state index in [0.717, 1.165) is 12.0 Å². The number of allylic oxidation sites excluding steroid dienone is 2. The van der Waals surface area contributed by atoms with E-state index < -0.39 is 0 Å². The fraction of sp³-hybridized carbons (Fsp3) is 0.348. The summed E-state index contributed by atoms with van der Waals surface area (Å²) in [6.07, 6.45) is 11.2.